The summed E-state index contributed by atoms with van der Waals surface area (Å²) >= 11 is 0. The van der Waals surface area contributed by atoms with Crippen LogP contribution >= 0.6 is 0 Å². The number of rotatable bonds is 4. The average molecular weight is 206 g/mol. The zero-order valence-electron chi connectivity index (χ0n) is 7.92. The third-order valence-corrected chi connectivity index (χ3v) is 4.04. The van der Waals surface area contributed by atoms with Gasteiger partial charge in [-0.1, -0.05) is 43.5 Å². The van der Waals surface area contributed by atoms with Crippen LogP contribution in [-0.2, 0) is 4.12 Å². The third kappa shape index (κ3) is 2.27. The third-order valence-electron chi connectivity index (χ3n) is 1.95. The second-order valence-corrected chi connectivity index (χ2v) is 6.12. The highest BCUT2D eigenvalue weighted by molar-refractivity contribution is 6.52. The highest BCUT2D eigenvalue weighted by Gasteiger charge is 2.01. The summed E-state index contributed by atoms with van der Waals surface area (Å²) in [6.07, 6.45) is 3.75. The monoisotopic (exact) mass is 206 g/mol. The molecule has 0 N–H and O–H groups in total. The first kappa shape index (κ1) is 10.2. The summed E-state index contributed by atoms with van der Waals surface area (Å²) in [4.78, 5) is 0. The molecule has 0 unspecified atom stereocenters. The minimum absolute atomic E-state index is 0.529. The molecule has 0 aliphatic heterocycles. The Kier molecular flexibility index (Phi) is 3.88. The molecule has 0 heterocycles. The van der Waals surface area contributed by atoms with Crippen molar-refractivity contribution < 1.29 is 4.12 Å². The zero-order valence-corrected chi connectivity index (χ0v) is 11.3. The first-order valence-corrected chi connectivity index (χ1v) is 6.29. The van der Waals surface area contributed by atoms with Crippen LogP contribution in [0, 0.1) is 0 Å². The van der Waals surface area contributed by atoms with E-state index in [0.717, 1.165) is 16.0 Å². The van der Waals surface area contributed by atoms with Crippen molar-refractivity contribution in [3.63, 3.8) is 0 Å². The van der Waals surface area contributed by atoms with Crippen molar-refractivity contribution in [1.29, 1.82) is 0 Å². The van der Waals surface area contributed by atoms with E-state index >= 15 is 0 Å². The van der Waals surface area contributed by atoms with E-state index in [0.29, 0.717) is 0 Å². The van der Waals surface area contributed by atoms with E-state index in [1.54, 1.807) is 0 Å². The molecule has 13 heavy (non-hydrogen) atoms. The van der Waals surface area contributed by atoms with Crippen molar-refractivity contribution in [3.05, 3.63) is 42.5 Å². The van der Waals surface area contributed by atoms with Gasteiger partial charge in [-0.05, 0) is 16.3 Å². The molecule has 1 aromatic rings. The maximum atomic E-state index is 5.37. The second kappa shape index (κ2) is 4.96. The fourth-order valence-electron chi connectivity index (χ4n) is 1.34. The molecule has 0 aliphatic carbocycles. The lowest BCUT2D eigenvalue weighted by atomic mass is 10.1. The molecule has 0 radical (unpaired) electrons. The SMILES string of the molecule is C=Cc1cccc([SiH2]O[SiH3])c1C=C. The van der Waals surface area contributed by atoms with E-state index in [9.17, 15) is 0 Å². The van der Waals surface area contributed by atoms with Gasteiger partial charge in [0.15, 0.2) is 9.76 Å². The summed E-state index contributed by atoms with van der Waals surface area (Å²) in [5.74, 6) is 0. The summed E-state index contributed by atoms with van der Waals surface area (Å²) in [5.41, 5.74) is 2.35. The lowest BCUT2D eigenvalue weighted by molar-refractivity contribution is 0.676. The van der Waals surface area contributed by atoms with E-state index in [2.05, 4.69) is 25.3 Å². The summed E-state index contributed by atoms with van der Waals surface area (Å²) in [5, 5.41) is 1.32. The molecule has 0 aliphatic rings. The normalized spacial score (nSPS) is 10.8. The quantitative estimate of drug-likeness (QED) is 0.629. The molecule has 1 aromatic carbocycles. The van der Waals surface area contributed by atoms with Crippen LogP contribution in [0.25, 0.3) is 12.2 Å². The summed E-state index contributed by atoms with van der Waals surface area (Å²) < 4.78 is 5.37. The number of benzene rings is 1. The van der Waals surface area contributed by atoms with Crippen LogP contribution in [0.4, 0.5) is 0 Å². The molecule has 1 rings (SSSR count). The molecule has 3 heteroatoms. The minimum Gasteiger partial charge on any atom is -0.465 e. The van der Waals surface area contributed by atoms with Gasteiger partial charge in [-0.25, -0.2) is 0 Å². The molecular weight excluding hydrogens is 192 g/mol. The predicted molar refractivity (Wildman–Crippen MR) is 65.8 cm³/mol. The van der Waals surface area contributed by atoms with Gasteiger partial charge in [0.25, 0.3) is 0 Å². The van der Waals surface area contributed by atoms with Crippen molar-refractivity contribution in [2.24, 2.45) is 0 Å². The van der Waals surface area contributed by atoms with Gasteiger partial charge >= 0.3 is 0 Å². The molecule has 0 atom stereocenters. The van der Waals surface area contributed by atoms with Gasteiger partial charge in [-0.15, -0.1) is 0 Å². The lowest BCUT2D eigenvalue weighted by Gasteiger charge is -2.07. The van der Waals surface area contributed by atoms with E-state index in [4.69, 9.17) is 4.12 Å². The Morgan fingerprint density at radius 2 is 2.08 bits per heavy atom. The van der Waals surface area contributed by atoms with Crippen molar-refractivity contribution in [2.75, 3.05) is 0 Å². The van der Waals surface area contributed by atoms with Crippen LogP contribution < -0.4 is 5.19 Å². The van der Waals surface area contributed by atoms with Gasteiger partial charge in [-0.2, -0.15) is 0 Å². The van der Waals surface area contributed by atoms with Gasteiger partial charge in [0.05, 0.1) is 0 Å². The molecule has 0 saturated carbocycles. The maximum absolute atomic E-state index is 5.37. The second-order valence-electron chi connectivity index (χ2n) is 2.76. The van der Waals surface area contributed by atoms with E-state index in [-0.39, 0.29) is 0 Å². The van der Waals surface area contributed by atoms with Crippen molar-refractivity contribution in [3.8, 4) is 0 Å². The van der Waals surface area contributed by atoms with Gasteiger partial charge in [0, 0.05) is 0 Å². The first-order valence-electron chi connectivity index (χ1n) is 4.19. The minimum atomic E-state index is -0.529. The van der Waals surface area contributed by atoms with Crippen LogP contribution in [-0.4, -0.2) is 20.2 Å². The molecule has 0 amide bonds. The summed E-state index contributed by atoms with van der Waals surface area (Å²) in [7, 11) is 0.296. The van der Waals surface area contributed by atoms with Gasteiger partial charge in [0.2, 0.25) is 0 Å². The van der Waals surface area contributed by atoms with Crippen molar-refractivity contribution in [2.45, 2.75) is 0 Å². The maximum Gasteiger partial charge on any atom is 0.178 e. The number of hydrogen-bond acceptors (Lipinski definition) is 1. The zero-order chi connectivity index (χ0) is 9.68. The Morgan fingerprint density at radius 3 is 2.62 bits per heavy atom. The van der Waals surface area contributed by atoms with E-state index in [1.807, 2.05) is 18.2 Å². The summed E-state index contributed by atoms with van der Waals surface area (Å²) in [6, 6.07) is 6.22. The fraction of sp³-hybridized carbons (Fsp3) is 0. The smallest absolute Gasteiger partial charge is 0.178 e. The van der Waals surface area contributed by atoms with E-state index < -0.39 is 9.76 Å². The topological polar surface area (TPSA) is 9.23 Å². The van der Waals surface area contributed by atoms with Gasteiger partial charge in [0.1, 0.15) is 10.5 Å². The van der Waals surface area contributed by atoms with Crippen LogP contribution in [0.15, 0.2) is 31.4 Å². The summed E-state index contributed by atoms with van der Waals surface area (Å²) in [6.45, 7) is 7.59. The Labute approximate surface area is 84.6 Å². The van der Waals surface area contributed by atoms with Gasteiger partial charge in [-0.3, -0.25) is 0 Å². The Morgan fingerprint density at radius 1 is 1.31 bits per heavy atom. The average Bonchev–Trinajstić information content (AvgIpc) is 2.18. The first-order chi connectivity index (χ1) is 6.33. The van der Waals surface area contributed by atoms with Crippen molar-refractivity contribution >= 4 is 37.6 Å². The van der Waals surface area contributed by atoms with Crippen molar-refractivity contribution in [1.82, 2.24) is 0 Å². The lowest BCUT2D eigenvalue weighted by Crippen LogP contribution is -2.20. The standard InChI is InChI=1S/C10H14OSi2/c1-3-8-6-5-7-10(13-11-12)9(8)4-2/h3-7H,1-2,13H2,12H3. The molecule has 68 valence electrons. The fourth-order valence-corrected chi connectivity index (χ4v) is 3.32. The molecule has 0 saturated heterocycles. The Bertz CT molecular complexity index is 321. The highest BCUT2D eigenvalue weighted by Crippen LogP contribution is 2.08. The molecule has 0 spiro atoms. The Hall–Kier alpha value is -0.906. The van der Waals surface area contributed by atoms with Crippen LogP contribution in [0.2, 0.25) is 0 Å². The number of hydrogen-bond donors (Lipinski definition) is 0. The van der Waals surface area contributed by atoms with E-state index in [1.165, 1.54) is 10.8 Å². The molecule has 0 bridgehead atoms. The van der Waals surface area contributed by atoms with Crippen LogP contribution in [0.3, 0.4) is 0 Å². The molecular formula is C10H14OSi2. The largest absolute Gasteiger partial charge is 0.465 e. The highest BCUT2D eigenvalue weighted by atomic mass is 28.3. The molecule has 1 nitrogen and oxygen atoms in total. The van der Waals surface area contributed by atoms with Gasteiger partial charge < -0.3 is 4.12 Å². The molecule has 0 aromatic heterocycles. The predicted octanol–water partition coefficient (Wildman–Crippen LogP) is -0.0213. The van der Waals surface area contributed by atoms with Crippen LogP contribution in [0.5, 0.6) is 0 Å². The Balaban J connectivity index is 3.18. The van der Waals surface area contributed by atoms with Crippen LogP contribution in [0.1, 0.15) is 11.1 Å². The molecule has 0 fully saturated rings.